The predicted molar refractivity (Wildman–Crippen MR) is 115 cm³/mol. The van der Waals surface area contributed by atoms with Crippen LogP contribution in [-0.4, -0.2) is 52.4 Å². The summed E-state index contributed by atoms with van der Waals surface area (Å²) in [7, 11) is -3.02. The molecular weight excluding hydrogens is 515 g/mol. The molecule has 0 bridgehead atoms. The summed E-state index contributed by atoms with van der Waals surface area (Å²) in [6.45, 7) is 2.64. The van der Waals surface area contributed by atoms with Gasteiger partial charge in [-0.2, -0.15) is 27.3 Å². The fraction of sp³-hybridized carbons (Fsp3) is 0.300. The molecule has 15 heteroatoms. The molecule has 2 aromatic heterocycles. The first-order valence-electron chi connectivity index (χ1n) is 9.93. The molecule has 4 rings (SSSR count). The van der Waals surface area contributed by atoms with E-state index in [-0.39, 0.29) is 33.1 Å². The van der Waals surface area contributed by atoms with Gasteiger partial charge in [-0.25, -0.2) is 8.42 Å². The van der Waals surface area contributed by atoms with E-state index < -0.39 is 40.4 Å². The largest absolute Gasteiger partial charge is 0.497 e. The number of alkyl halides is 3. The fourth-order valence-electron chi connectivity index (χ4n) is 3.41. The second-order valence-corrected chi connectivity index (χ2v) is 9.89. The van der Waals surface area contributed by atoms with E-state index in [9.17, 15) is 26.4 Å². The Hall–Kier alpha value is -3.39. The van der Waals surface area contributed by atoms with E-state index in [1.807, 2.05) is 0 Å². The average molecular weight is 532 g/mol. The Labute approximate surface area is 202 Å². The van der Waals surface area contributed by atoms with Crippen molar-refractivity contribution in [1.82, 2.24) is 24.3 Å². The van der Waals surface area contributed by atoms with E-state index in [4.69, 9.17) is 21.1 Å². The SMILES string of the molecule is COc1cc(C(C)C)c2c(c1)S(=O)(=O)N(COc1cc(C(F)(F)F)nn1-c1ccc(Cl)nn1)C2=O. The summed E-state index contributed by atoms with van der Waals surface area (Å²) in [5.41, 5.74) is -0.927. The Balaban J connectivity index is 1.72. The predicted octanol–water partition coefficient (Wildman–Crippen LogP) is 3.65. The summed E-state index contributed by atoms with van der Waals surface area (Å²) in [6.07, 6.45) is -4.84. The van der Waals surface area contributed by atoms with E-state index in [2.05, 4.69) is 15.3 Å². The van der Waals surface area contributed by atoms with Crippen LogP contribution in [0.4, 0.5) is 13.2 Å². The van der Waals surface area contributed by atoms with Crippen molar-refractivity contribution in [1.29, 1.82) is 0 Å². The number of methoxy groups -OCH3 is 1. The maximum atomic E-state index is 13.3. The van der Waals surface area contributed by atoms with Gasteiger partial charge in [0.05, 0.1) is 12.7 Å². The number of hydrogen-bond donors (Lipinski definition) is 0. The van der Waals surface area contributed by atoms with Crippen LogP contribution in [0, 0.1) is 0 Å². The Bertz CT molecular complexity index is 1410. The van der Waals surface area contributed by atoms with Crippen molar-refractivity contribution >= 4 is 27.5 Å². The minimum atomic E-state index is -4.84. The Morgan fingerprint density at radius 1 is 1.14 bits per heavy atom. The molecule has 186 valence electrons. The molecule has 10 nitrogen and oxygen atoms in total. The zero-order chi connectivity index (χ0) is 25.7. The third-order valence-electron chi connectivity index (χ3n) is 5.10. The molecule has 0 fully saturated rings. The molecule has 0 saturated carbocycles. The molecule has 0 unspecified atom stereocenters. The summed E-state index contributed by atoms with van der Waals surface area (Å²) in [6, 6.07) is 5.84. The average Bonchev–Trinajstić information content (AvgIpc) is 3.30. The van der Waals surface area contributed by atoms with Crippen LogP contribution >= 0.6 is 11.6 Å². The van der Waals surface area contributed by atoms with Crippen molar-refractivity contribution in [2.75, 3.05) is 13.8 Å². The number of benzene rings is 1. The number of carbonyl (C=O) groups excluding carboxylic acids is 1. The van der Waals surface area contributed by atoms with Gasteiger partial charge in [0, 0.05) is 12.1 Å². The second-order valence-electron chi connectivity index (χ2n) is 7.67. The zero-order valence-electron chi connectivity index (χ0n) is 18.4. The van der Waals surface area contributed by atoms with Gasteiger partial charge in [-0.15, -0.1) is 10.2 Å². The molecule has 3 aromatic rings. The lowest BCUT2D eigenvalue weighted by Crippen LogP contribution is -2.34. The molecule has 3 heterocycles. The van der Waals surface area contributed by atoms with Gasteiger partial charge >= 0.3 is 6.18 Å². The number of rotatable bonds is 6. The van der Waals surface area contributed by atoms with Crippen LogP contribution in [0.15, 0.2) is 35.2 Å². The van der Waals surface area contributed by atoms with Gasteiger partial charge in [-0.1, -0.05) is 25.4 Å². The van der Waals surface area contributed by atoms with E-state index in [0.29, 0.717) is 20.6 Å². The lowest BCUT2D eigenvalue weighted by molar-refractivity contribution is -0.141. The van der Waals surface area contributed by atoms with Crippen molar-refractivity contribution in [2.45, 2.75) is 30.8 Å². The number of sulfonamides is 1. The smallest absolute Gasteiger partial charge is 0.435 e. The quantitative estimate of drug-likeness (QED) is 0.473. The van der Waals surface area contributed by atoms with Crippen LogP contribution in [0.3, 0.4) is 0 Å². The van der Waals surface area contributed by atoms with Crippen molar-refractivity contribution in [3.05, 3.63) is 52.3 Å². The Morgan fingerprint density at radius 3 is 2.43 bits per heavy atom. The highest BCUT2D eigenvalue weighted by Crippen LogP contribution is 2.39. The highest BCUT2D eigenvalue weighted by atomic mass is 35.5. The van der Waals surface area contributed by atoms with Gasteiger partial charge in [0.15, 0.2) is 23.4 Å². The summed E-state index contributed by atoms with van der Waals surface area (Å²) < 4.78 is 77.8. The topological polar surface area (TPSA) is 117 Å². The maximum Gasteiger partial charge on any atom is 0.435 e. The normalized spacial score (nSPS) is 15.0. The van der Waals surface area contributed by atoms with E-state index in [1.165, 1.54) is 25.3 Å². The van der Waals surface area contributed by atoms with Gasteiger partial charge in [0.1, 0.15) is 10.6 Å². The molecule has 1 amide bonds. The molecule has 0 aliphatic carbocycles. The number of nitrogens with zero attached hydrogens (tertiary/aromatic N) is 5. The number of halogens is 4. The Kier molecular flexibility index (Phi) is 6.13. The van der Waals surface area contributed by atoms with Crippen molar-refractivity contribution in [3.63, 3.8) is 0 Å². The first-order chi connectivity index (χ1) is 16.3. The monoisotopic (exact) mass is 531 g/mol. The summed E-state index contributed by atoms with van der Waals surface area (Å²) in [5.74, 6) is -1.56. The van der Waals surface area contributed by atoms with Crippen LogP contribution < -0.4 is 9.47 Å². The van der Waals surface area contributed by atoms with Crippen molar-refractivity contribution < 1.29 is 35.9 Å². The Morgan fingerprint density at radius 2 is 1.86 bits per heavy atom. The van der Waals surface area contributed by atoms with Crippen LogP contribution in [0.2, 0.25) is 5.15 Å². The zero-order valence-corrected chi connectivity index (χ0v) is 19.9. The third kappa shape index (κ3) is 4.38. The number of carbonyl (C=O) groups is 1. The first kappa shape index (κ1) is 24.7. The van der Waals surface area contributed by atoms with Crippen LogP contribution in [0.25, 0.3) is 5.82 Å². The lowest BCUT2D eigenvalue weighted by Gasteiger charge is -2.16. The highest BCUT2D eigenvalue weighted by molar-refractivity contribution is 7.90. The minimum absolute atomic E-state index is 0.0117. The molecule has 1 aromatic carbocycles. The molecule has 1 aliphatic heterocycles. The van der Waals surface area contributed by atoms with Gasteiger partial charge in [-0.3, -0.25) is 4.79 Å². The number of ether oxygens (including phenoxy) is 2. The minimum Gasteiger partial charge on any atom is -0.497 e. The maximum absolute atomic E-state index is 13.3. The lowest BCUT2D eigenvalue weighted by atomic mass is 9.96. The highest BCUT2D eigenvalue weighted by Gasteiger charge is 2.44. The summed E-state index contributed by atoms with van der Waals surface area (Å²) in [5, 5.41) is 10.6. The van der Waals surface area contributed by atoms with E-state index in [1.54, 1.807) is 19.9 Å². The molecule has 0 atom stereocenters. The molecule has 1 aliphatic rings. The third-order valence-corrected chi connectivity index (χ3v) is 7.03. The van der Waals surface area contributed by atoms with E-state index >= 15 is 0 Å². The van der Waals surface area contributed by atoms with Gasteiger partial charge in [-0.05, 0) is 29.7 Å². The van der Waals surface area contributed by atoms with E-state index in [0.717, 1.165) is 0 Å². The van der Waals surface area contributed by atoms with Crippen LogP contribution in [0.5, 0.6) is 11.6 Å². The first-order valence-corrected chi connectivity index (χ1v) is 11.7. The fourth-order valence-corrected chi connectivity index (χ4v) is 4.98. The molecular formula is C20H17ClF3N5O5S. The summed E-state index contributed by atoms with van der Waals surface area (Å²) >= 11 is 5.68. The number of aromatic nitrogens is 4. The molecule has 35 heavy (non-hydrogen) atoms. The number of amides is 1. The van der Waals surface area contributed by atoms with Gasteiger partial charge in [0.25, 0.3) is 15.9 Å². The number of hydrogen-bond acceptors (Lipinski definition) is 8. The van der Waals surface area contributed by atoms with Crippen molar-refractivity contribution in [3.8, 4) is 17.4 Å². The molecule has 0 spiro atoms. The van der Waals surface area contributed by atoms with Gasteiger partial charge < -0.3 is 9.47 Å². The van der Waals surface area contributed by atoms with Crippen molar-refractivity contribution in [2.24, 2.45) is 0 Å². The summed E-state index contributed by atoms with van der Waals surface area (Å²) in [4.78, 5) is 12.8. The standard InChI is InChI=1S/C20H17ClF3N5O5S/c1-10(2)12-6-11(33-3)7-13-18(12)19(30)28(35(13,31)32)9-34-17-8-14(20(22,23)24)27-29(17)16-5-4-15(21)25-26-16/h4-8,10H,9H2,1-3H3. The molecule has 0 N–H and O–H groups in total. The van der Waals surface area contributed by atoms with Gasteiger partial charge in [0.2, 0.25) is 5.88 Å². The number of fused-ring (bicyclic) bond motifs is 1. The molecule has 0 radical (unpaired) electrons. The second kappa shape index (κ2) is 8.68. The molecule has 0 saturated heterocycles. The van der Waals surface area contributed by atoms with Crippen LogP contribution in [0.1, 0.15) is 41.4 Å². The van der Waals surface area contributed by atoms with Crippen LogP contribution in [-0.2, 0) is 16.2 Å².